The molecule has 176 valence electrons. The van der Waals surface area contributed by atoms with Crippen molar-refractivity contribution in [3.05, 3.63) is 53.6 Å². The Kier molecular flexibility index (Phi) is 8.83. The number of amides is 2. The maximum atomic E-state index is 12.7. The molecule has 1 aromatic rings. The highest BCUT2D eigenvalue weighted by Gasteiger charge is 2.29. The molecule has 1 aliphatic carbocycles. The molecule has 0 fully saturated rings. The molecule has 0 aromatic heterocycles. The van der Waals surface area contributed by atoms with E-state index in [1.165, 1.54) is 5.48 Å². The second-order valence-electron chi connectivity index (χ2n) is 8.92. The quantitative estimate of drug-likeness (QED) is 0.172. The van der Waals surface area contributed by atoms with E-state index >= 15 is 0 Å². The molecule has 0 heterocycles. The SMILES string of the molecule is CC(C[C@H](NC(=O)C1=CCC(C#Cc2ccc(N)cc2)C=C1)C(=O)NO)C(=O)OC(C)(C)C. The smallest absolute Gasteiger partial charge is 0.309 e. The molecule has 0 bridgehead atoms. The molecule has 1 aliphatic rings. The minimum Gasteiger partial charge on any atom is -0.460 e. The summed E-state index contributed by atoms with van der Waals surface area (Å²) in [6.45, 7) is 6.83. The zero-order chi connectivity index (χ0) is 24.6. The van der Waals surface area contributed by atoms with E-state index in [0.29, 0.717) is 17.7 Å². The van der Waals surface area contributed by atoms with E-state index in [-0.39, 0.29) is 12.3 Å². The molecule has 8 heteroatoms. The number of benzene rings is 1. The Morgan fingerprint density at radius 2 is 1.91 bits per heavy atom. The zero-order valence-electron chi connectivity index (χ0n) is 19.3. The van der Waals surface area contributed by atoms with Crippen LogP contribution < -0.4 is 16.5 Å². The third kappa shape index (κ3) is 8.47. The topological polar surface area (TPSA) is 131 Å². The Bertz CT molecular complexity index is 994. The van der Waals surface area contributed by atoms with Crippen LogP contribution in [0.1, 0.15) is 46.1 Å². The first kappa shape index (κ1) is 25.7. The first-order valence-electron chi connectivity index (χ1n) is 10.7. The van der Waals surface area contributed by atoms with Gasteiger partial charge in [0.1, 0.15) is 11.6 Å². The highest BCUT2D eigenvalue weighted by molar-refractivity contribution is 5.99. The lowest BCUT2D eigenvalue weighted by Gasteiger charge is -2.24. The number of carbonyl (C=O) groups excluding carboxylic acids is 3. The lowest BCUT2D eigenvalue weighted by Crippen LogP contribution is -2.48. The highest BCUT2D eigenvalue weighted by atomic mass is 16.6. The molecular weight excluding hydrogens is 422 g/mol. The Balaban J connectivity index is 1.98. The summed E-state index contributed by atoms with van der Waals surface area (Å²) < 4.78 is 5.32. The van der Waals surface area contributed by atoms with Crippen LogP contribution in [0.2, 0.25) is 0 Å². The molecule has 2 unspecified atom stereocenters. The molecule has 1 aromatic carbocycles. The zero-order valence-corrected chi connectivity index (χ0v) is 19.3. The molecular formula is C25H31N3O5. The molecule has 2 rings (SSSR count). The van der Waals surface area contributed by atoms with Crippen LogP contribution in [0.5, 0.6) is 0 Å². The predicted octanol–water partition coefficient (Wildman–Crippen LogP) is 2.48. The Hall–Kier alpha value is -3.57. The third-order valence-electron chi connectivity index (χ3n) is 4.80. The lowest BCUT2D eigenvalue weighted by atomic mass is 9.95. The number of nitrogens with one attached hydrogen (secondary N) is 2. The van der Waals surface area contributed by atoms with E-state index in [4.69, 9.17) is 15.7 Å². The number of nitrogens with two attached hydrogens (primary N) is 1. The third-order valence-corrected chi connectivity index (χ3v) is 4.80. The number of hydroxylamine groups is 1. The summed E-state index contributed by atoms with van der Waals surface area (Å²) in [6.07, 6.45) is 5.71. The summed E-state index contributed by atoms with van der Waals surface area (Å²) in [5.74, 6) is 3.70. The second-order valence-corrected chi connectivity index (χ2v) is 8.92. The van der Waals surface area contributed by atoms with Gasteiger partial charge in [-0.1, -0.05) is 37.0 Å². The van der Waals surface area contributed by atoms with E-state index in [0.717, 1.165) is 5.56 Å². The van der Waals surface area contributed by atoms with Gasteiger partial charge in [0.25, 0.3) is 11.8 Å². The summed E-state index contributed by atoms with van der Waals surface area (Å²) in [4.78, 5) is 37.0. The van der Waals surface area contributed by atoms with E-state index in [9.17, 15) is 14.4 Å². The molecule has 0 aliphatic heterocycles. The molecule has 5 N–H and O–H groups in total. The van der Waals surface area contributed by atoms with Crippen molar-refractivity contribution in [1.29, 1.82) is 0 Å². The van der Waals surface area contributed by atoms with Gasteiger partial charge < -0.3 is 15.8 Å². The van der Waals surface area contributed by atoms with Crippen molar-refractivity contribution in [2.45, 2.75) is 52.2 Å². The fourth-order valence-corrected chi connectivity index (χ4v) is 3.04. The van der Waals surface area contributed by atoms with Crippen molar-refractivity contribution in [2.75, 3.05) is 5.73 Å². The second kappa shape index (κ2) is 11.3. The fraction of sp³-hybridized carbons (Fsp3) is 0.400. The average Bonchev–Trinajstić information content (AvgIpc) is 2.76. The van der Waals surface area contributed by atoms with Crippen LogP contribution in [0.15, 0.2) is 48.1 Å². The van der Waals surface area contributed by atoms with E-state index < -0.39 is 35.3 Å². The maximum absolute atomic E-state index is 12.7. The number of nitrogen functional groups attached to an aromatic ring is 1. The van der Waals surface area contributed by atoms with Crippen LogP contribution in [0.4, 0.5) is 5.69 Å². The molecule has 0 saturated carbocycles. The monoisotopic (exact) mass is 453 g/mol. The number of carbonyl (C=O) groups is 3. The van der Waals surface area contributed by atoms with Gasteiger partial charge in [0.15, 0.2) is 0 Å². The predicted molar refractivity (Wildman–Crippen MR) is 125 cm³/mol. The summed E-state index contributed by atoms with van der Waals surface area (Å²) in [5, 5.41) is 11.6. The molecule has 33 heavy (non-hydrogen) atoms. The largest absolute Gasteiger partial charge is 0.460 e. The molecule has 0 radical (unpaired) electrons. The van der Waals surface area contributed by atoms with Gasteiger partial charge >= 0.3 is 5.97 Å². The van der Waals surface area contributed by atoms with Crippen LogP contribution in [-0.2, 0) is 19.1 Å². The van der Waals surface area contributed by atoms with E-state index in [2.05, 4.69) is 17.2 Å². The van der Waals surface area contributed by atoms with Gasteiger partial charge in [-0.2, -0.15) is 0 Å². The average molecular weight is 454 g/mol. The fourth-order valence-electron chi connectivity index (χ4n) is 3.04. The molecule has 2 amide bonds. The van der Waals surface area contributed by atoms with Crippen LogP contribution >= 0.6 is 0 Å². The van der Waals surface area contributed by atoms with Crippen LogP contribution in [0.25, 0.3) is 0 Å². The van der Waals surface area contributed by atoms with Crippen LogP contribution in [0.3, 0.4) is 0 Å². The number of allylic oxidation sites excluding steroid dienone is 2. The number of hydrogen-bond donors (Lipinski definition) is 4. The Morgan fingerprint density at radius 1 is 1.24 bits per heavy atom. The van der Waals surface area contributed by atoms with Gasteiger partial charge in [0, 0.05) is 22.7 Å². The number of hydrogen-bond acceptors (Lipinski definition) is 6. The van der Waals surface area contributed by atoms with E-state index in [1.54, 1.807) is 52.0 Å². The van der Waals surface area contributed by atoms with Gasteiger partial charge in [-0.3, -0.25) is 19.6 Å². The molecule has 3 atom stereocenters. The van der Waals surface area contributed by atoms with Gasteiger partial charge in [-0.25, -0.2) is 5.48 Å². The minimum atomic E-state index is -1.11. The number of ether oxygens (including phenoxy) is 1. The van der Waals surface area contributed by atoms with Gasteiger partial charge in [0.2, 0.25) is 0 Å². The van der Waals surface area contributed by atoms with Crippen molar-refractivity contribution in [2.24, 2.45) is 11.8 Å². The highest BCUT2D eigenvalue weighted by Crippen LogP contribution is 2.18. The Labute approximate surface area is 194 Å². The molecule has 8 nitrogen and oxygen atoms in total. The first-order valence-corrected chi connectivity index (χ1v) is 10.7. The first-order chi connectivity index (χ1) is 15.5. The maximum Gasteiger partial charge on any atom is 0.309 e. The summed E-state index contributed by atoms with van der Waals surface area (Å²) in [7, 11) is 0. The van der Waals surface area contributed by atoms with Crippen molar-refractivity contribution in [3.63, 3.8) is 0 Å². The van der Waals surface area contributed by atoms with Gasteiger partial charge in [-0.15, -0.1) is 0 Å². The molecule has 0 saturated heterocycles. The number of rotatable bonds is 6. The minimum absolute atomic E-state index is 0.0280. The normalized spacial score (nSPS) is 17.0. The standard InChI is InChI=1S/C25H31N3O5/c1-16(24(31)33-25(2,3)4)15-21(23(30)28-32)27-22(29)19-11-7-17(8-12-19)5-6-18-9-13-20(26)14-10-18/h7,9-14,16-17,21,32H,8,15,26H2,1-4H3,(H,27,29)(H,28,30)/t16?,17?,21-/m0/s1. The molecule has 0 spiro atoms. The lowest BCUT2D eigenvalue weighted by molar-refractivity contribution is -0.160. The summed E-state index contributed by atoms with van der Waals surface area (Å²) in [5.41, 5.74) is 8.43. The van der Waals surface area contributed by atoms with Crippen LogP contribution in [-0.4, -0.2) is 34.6 Å². The van der Waals surface area contributed by atoms with Crippen molar-refractivity contribution in [3.8, 4) is 11.8 Å². The number of anilines is 1. The van der Waals surface area contributed by atoms with Crippen molar-refractivity contribution < 1.29 is 24.3 Å². The van der Waals surface area contributed by atoms with Gasteiger partial charge in [-0.05, 0) is 57.9 Å². The van der Waals surface area contributed by atoms with Crippen molar-refractivity contribution >= 4 is 23.5 Å². The van der Waals surface area contributed by atoms with Crippen molar-refractivity contribution in [1.82, 2.24) is 10.8 Å². The number of esters is 1. The summed E-state index contributed by atoms with van der Waals surface area (Å²) >= 11 is 0. The van der Waals surface area contributed by atoms with E-state index in [1.807, 2.05) is 18.2 Å². The Morgan fingerprint density at radius 3 is 2.45 bits per heavy atom. The van der Waals surface area contributed by atoms with Gasteiger partial charge in [0.05, 0.1) is 5.92 Å². The van der Waals surface area contributed by atoms with Crippen LogP contribution in [0, 0.1) is 23.7 Å². The summed E-state index contributed by atoms with van der Waals surface area (Å²) in [6, 6.07) is 6.14.